The number of aryl methyl sites for hydroxylation is 1. The number of fused-ring (bicyclic) bond motifs is 1. The third-order valence-corrected chi connectivity index (χ3v) is 4.32. The van der Waals surface area contributed by atoms with Crippen molar-refractivity contribution in [2.45, 2.75) is 32.6 Å². The Morgan fingerprint density at radius 1 is 1.59 bits per heavy atom. The van der Waals surface area contributed by atoms with Gasteiger partial charge in [0.1, 0.15) is 5.92 Å². The van der Waals surface area contributed by atoms with E-state index < -0.39 is 0 Å². The number of carbonyl (C=O) groups is 1. The molecule has 17 heavy (non-hydrogen) atoms. The summed E-state index contributed by atoms with van der Waals surface area (Å²) in [7, 11) is 2.02. The van der Waals surface area contributed by atoms with E-state index in [0.717, 1.165) is 30.2 Å². The monoisotopic (exact) mass is 254 g/mol. The molecule has 0 saturated carbocycles. The highest BCUT2D eigenvalue weighted by molar-refractivity contribution is 7.15. The van der Waals surface area contributed by atoms with Gasteiger partial charge in [-0.1, -0.05) is 0 Å². The molecule has 0 aliphatic heterocycles. The van der Waals surface area contributed by atoms with Gasteiger partial charge in [-0.25, -0.2) is 4.98 Å². The molecular weight excluding hydrogens is 236 g/mol. The van der Waals surface area contributed by atoms with Gasteiger partial charge in [0.15, 0.2) is 5.13 Å². The first-order chi connectivity index (χ1) is 8.17. The molecule has 0 radical (unpaired) electrons. The van der Waals surface area contributed by atoms with Crippen LogP contribution in [0, 0.1) is 0 Å². The molecule has 94 valence electrons. The molecule has 1 aliphatic carbocycles. The highest BCUT2D eigenvalue weighted by atomic mass is 32.1. The lowest BCUT2D eigenvalue weighted by Gasteiger charge is -2.12. The number of esters is 1. The lowest BCUT2D eigenvalue weighted by molar-refractivity contribution is -0.145. The molecule has 4 nitrogen and oxygen atoms in total. The van der Waals surface area contributed by atoms with Gasteiger partial charge in [-0.15, -0.1) is 11.3 Å². The number of thiazole rings is 1. The van der Waals surface area contributed by atoms with Gasteiger partial charge in [-0.2, -0.15) is 0 Å². The van der Waals surface area contributed by atoms with E-state index in [4.69, 9.17) is 4.74 Å². The van der Waals surface area contributed by atoms with Crippen molar-refractivity contribution in [3.05, 3.63) is 10.6 Å². The molecule has 0 N–H and O–H groups in total. The largest absolute Gasteiger partial charge is 0.465 e. The Hall–Kier alpha value is -1.10. The summed E-state index contributed by atoms with van der Waals surface area (Å²) in [5.41, 5.74) is 0.948. The SMILES string of the molecule is CCOC(=O)C1CCc2sc(N(C)CC)nc21. The first-order valence-electron chi connectivity index (χ1n) is 6.04. The first kappa shape index (κ1) is 12.4. The van der Waals surface area contributed by atoms with E-state index in [2.05, 4.69) is 16.8 Å². The topological polar surface area (TPSA) is 42.4 Å². The maximum absolute atomic E-state index is 11.8. The second kappa shape index (κ2) is 5.04. The number of carbonyl (C=O) groups excluding carboxylic acids is 1. The van der Waals surface area contributed by atoms with Crippen molar-refractivity contribution >= 4 is 22.4 Å². The van der Waals surface area contributed by atoms with Crippen molar-refractivity contribution in [1.82, 2.24) is 4.98 Å². The quantitative estimate of drug-likeness (QED) is 0.772. The fraction of sp³-hybridized carbons (Fsp3) is 0.667. The summed E-state index contributed by atoms with van der Waals surface area (Å²) in [6.45, 7) is 5.30. The summed E-state index contributed by atoms with van der Waals surface area (Å²) in [4.78, 5) is 19.7. The molecule has 0 amide bonds. The molecule has 1 aromatic heterocycles. The number of aromatic nitrogens is 1. The fourth-order valence-electron chi connectivity index (χ4n) is 1.99. The summed E-state index contributed by atoms with van der Waals surface area (Å²) in [5.74, 6) is -0.262. The van der Waals surface area contributed by atoms with Crippen molar-refractivity contribution in [3.63, 3.8) is 0 Å². The van der Waals surface area contributed by atoms with Crippen LogP contribution in [0.25, 0.3) is 0 Å². The standard InChI is InChI=1S/C12H18N2O2S/c1-4-14(3)12-13-10-8(11(15)16-5-2)6-7-9(10)17-12/h8H,4-7H2,1-3H3. The normalized spacial score (nSPS) is 17.9. The Morgan fingerprint density at radius 3 is 3.00 bits per heavy atom. The van der Waals surface area contributed by atoms with E-state index in [1.54, 1.807) is 11.3 Å². The lowest BCUT2D eigenvalue weighted by Crippen LogP contribution is -2.17. The summed E-state index contributed by atoms with van der Waals surface area (Å²) < 4.78 is 5.09. The van der Waals surface area contributed by atoms with Crippen LogP contribution in [-0.4, -0.2) is 31.2 Å². The molecule has 5 heteroatoms. The first-order valence-corrected chi connectivity index (χ1v) is 6.86. The van der Waals surface area contributed by atoms with Gasteiger partial charge >= 0.3 is 5.97 Å². The van der Waals surface area contributed by atoms with Gasteiger partial charge in [-0.05, 0) is 26.7 Å². The molecule has 0 bridgehead atoms. The average molecular weight is 254 g/mol. The van der Waals surface area contributed by atoms with Crippen LogP contribution in [0.5, 0.6) is 0 Å². The van der Waals surface area contributed by atoms with Crippen LogP contribution in [0.4, 0.5) is 5.13 Å². The van der Waals surface area contributed by atoms with Crippen LogP contribution in [0.2, 0.25) is 0 Å². The molecule has 1 unspecified atom stereocenters. The summed E-state index contributed by atoms with van der Waals surface area (Å²) in [6, 6.07) is 0. The Kier molecular flexibility index (Phi) is 3.66. The summed E-state index contributed by atoms with van der Waals surface area (Å²) in [5, 5.41) is 1.01. The molecule has 0 saturated heterocycles. The van der Waals surface area contributed by atoms with Crippen LogP contribution < -0.4 is 4.90 Å². The third-order valence-electron chi connectivity index (χ3n) is 3.08. The van der Waals surface area contributed by atoms with Crippen molar-refractivity contribution < 1.29 is 9.53 Å². The zero-order valence-electron chi connectivity index (χ0n) is 10.5. The van der Waals surface area contributed by atoms with E-state index in [9.17, 15) is 4.79 Å². The van der Waals surface area contributed by atoms with E-state index in [-0.39, 0.29) is 11.9 Å². The zero-order valence-corrected chi connectivity index (χ0v) is 11.3. The molecular formula is C12H18N2O2S. The van der Waals surface area contributed by atoms with Crippen LogP contribution >= 0.6 is 11.3 Å². The summed E-state index contributed by atoms with van der Waals surface area (Å²) >= 11 is 1.70. The van der Waals surface area contributed by atoms with Crippen molar-refractivity contribution in [3.8, 4) is 0 Å². The Morgan fingerprint density at radius 2 is 2.35 bits per heavy atom. The van der Waals surface area contributed by atoms with Crippen LogP contribution in [0.15, 0.2) is 0 Å². The molecule has 0 aromatic carbocycles. The highest BCUT2D eigenvalue weighted by Gasteiger charge is 2.33. The lowest BCUT2D eigenvalue weighted by atomic mass is 10.1. The molecule has 1 aromatic rings. The van der Waals surface area contributed by atoms with E-state index >= 15 is 0 Å². The minimum Gasteiger partial charge on any atom is -0.465 e. The highest BCUT2D eigenvalue weighted by Crippen LogP contribution is 2.39. The Bertz CT molecular complexity index is 417. The smallest absolute Gasteiger partial charge is 0.315 e. The van der Waals surface area contributed by atoms with Gasteiger partial charge in [-0.3, -0.25) is 4.79 Å². The number of hydrogen-bond donors (Lipinski definition) is 0. The average Bonchev–Trinajstić information content (AvgIpc) is 2.87. The van der Waals surface area contributed by atoms with Crippen molar-refractivity contribution in [2.75, 3.05) is 25.1 Å². The van der Waals surface area contributed by atoms with Crippen LogP contribution in [-0.2, 0) is 16.0 Å². The number of hydrogen-bond acceptors (Lipinski definition) is 5. The van der Waals surface area contributed by atoms with Gasteiger partial charge in [0, 0.05) is 18.5 Å². The molecule has 1 atom stereocenters. The maximum Gasteiger partial charge on any atom is 0.315 e. The van der Waals surface area contributed by atoms with E-state index in [0.29, 0.717) is 6.61 Å². The van der Waals surface area contributed by atoms with Crippen molar-refractivity contribution in [1.29, 1.82) is 0 Å². The number of ether oxygens (including phenoxy) is 1. The van der Waals surface area contributed by atoms with Crippen LogP contribution in [0.1, 0.15) is 36.8 Å². The van der Waals surface area contributed by atoms with Gasteiger partial charge < -0.3 is 9.64 Å². The van der Waals surface area contributed by atoms with E-state index in [1.807, 2.05) is 14.0 Å². The molecule has 0 fully saturated rings. The number of anilines is 1. The van der Waals surface area contributed by atoms with Crippen molar-refractivity contribution in [2.24, 2.45) is 0 Å². The minimum atomic E-state index is -0.139. The predicted molar refractivity (Wildman–Crippen MR) is 68.8 cm³/mol. The number of nitrogens with zero attached hydrogens (tertiary/aromatic N) is 2. The molecule has 1 aliphatic rings. The number of rotatable bonds is 4. The third kappa shape index (κ3) is 2.29. The van der Waals surface area contributed by atoms with Crippen LogP contribution in [0.3, 0.4) is 0 Å². The molecule has 0 spiro atoms. The van der Waals surface area contributed by atoms with Gasteiger partial charge in [0.2, 0.25) is 0 Å². The second-order valence-electron chi connectivity index (χ2n) is 4.16. The maximum atomic E-state index is 11.8. The zero-order chi connectivity index (χ0) is 12.4. The van der Waals surface area contributed by atoms with Gasteiger partial charge in [0.25, 0.3) is 0 Å². The summed E-state index contributed by atoms with van der Waals surface area (Å²) in [6.07, 6.45) is 1.80. The Balaban J connectivity index is 2.19. The van der Waals surface area contributed by atoms with E-state index in [1.165, 1.54) is 4.88 Å². The Labute approximate surface area is 106 Å². The predicted octanol–water partition coefficient (Wildman–Crippen LogP) is 2.19. The van der Waals surface area contributed by atoms with Gasteiger partial charge in [0.05, 0.1) is 12.3 Å². The fourth-order valence-corrected chi connectivity index (χ4v) is 3.15. The molecule has 1 heterocycles. The minimum absolute atomic E-state index is 0.123. The molecule has 2 rings (SSSR count). The second-order valence-corrected chi connectivity index (χ2v) is 5.22.